The molecule has 0 bridgehead atoms. The van der Waals surface area contributed by atoms with Gasteiger partial charge < -0.3 is 15.0 Å². The minimum Gasteiger partial charge on any atom is -0.491 e. The maximum atomic E-state index is 13.3. The van der Waals surface area contributed by atoms with Gasteiger partial charge >= 0.3 is 0 Å². The van der Waals surface area contributed by atoms with Crippen molar-refractivity contribution in [3.63, 3.8) is 0 Å². The number of ether oxygens (including phenoxy) is 1. The summed E-state index contributed by atoms with van der Waals surface area (Å²) in [4.78, 5) is 14.1. The number of anilines is 1. The van der Waals surface area contributed by atoms with Crippen molar-refractivity contribution in [2.24, 2.45) is 0 Å². The van der Waals surface area contributed by atoms with E-state index in [1.165, 1.54) is 24.3 Å². The second kappa shape index (κ2) is 7.29. The first-order valence-corrected chi connectivity index (χ1v) is 7.80. The van der Waals surface area contributed by atoms with Crippen molar-refractivity contribution in [1.29, 1.82) is 0 Å². The summed E-state index contributed by atoms with van der Waals surface area (Å²) >= 11 is 0. The number of fused-ring (bicyclic) bond motifs is 1. The number of hydrogen-bond donors (Lipinski definition) is 1. The highest BCUT2D eigenvalue weighted by Gasteiger charge is 2.19. The van der Waals surface area contributed by atoms with E-state index in [4.69, 9.17) is 4.74 Å². The largest absolute Gasteiger partial charge is 0.491 e. The zero-order valence-electron chi connectivity index (χ0n) is 13.1. The lowest BCUT2D eigenvalue weighted by molar-refractivity contribution is -0.119. The molecule has 0 fully saturated rings. The Balaban J connectivity index is 1.62. The normalized spacial score (nSPS) is 13.7. The van der Waals surface area contributed by atoms with Crippen molar-refractivity contribution in [2.45, 2.75) is 13.0 Å². The zero-order valence-corrected chi connectivity index (χ0v) is 13.1. The van der Waals surface area contributed by atoms with E-state index in [1.54, 1.807) is 18.2 Å². The summed E-state index contributed by atoms with van der Waals surface area (Å²) in [5, 5.41) is 2.81. The zero-order chi connectivity index (χ0) is 16.9. The van der Waals surface area contributed by atoms with Gasteiger partial charge in [0.05, 0.1) is 18.8 Å². The van der Waals surface area contributed by atoms with E-state index in [9.17, 15) is 13.6 Å². The quantitative estimate of drug-likeness (QED) is 0.936. The van der Waals surface area contributed by atoms with Crippen LogP contribution in [0.25, 0.3) is 0 Å². The van der Waals surface area contributed by atoms with Gasteiger partial charge in [0.1, 0.15) is 17.4 Å². The molecule has 0 aromatic heterocycles. The third kappa shape index (κ3) is 4.01. The number of rotatable bonds is 4. The summed E-state index contributed by atoms with van der Waals surface area (Å²) in [5.74, 6) is -0.370. The number of carbonyl (C=O) groups excluding carboxylic acids is 1. The smallest absolute Gasteiger partial charge is 0.239 e. The molecule has 2 aromatic carbocycles. The molecule has 0 spiro atoms. The molecule has 24 heavy (non-hydrogen) atoms. The molecule has 0 atom stereocenters. The van der Waals surface area contributed by atoms with Crippen LogP contribution in [0.5, 0.6) is 5.75 Å². The van der Waals surface area contributed by atoms with E-state index in [0.29, 0.717) is 31.1 Å². The Morgan fingerprint density at radius 1 is 1.12 bits per heavy atom. The summed E-state index contributed by atoms with van der Waals surface area (Å²) in [7, 11) is 0. The molecule has 3 rings (SSSR count). The molecule has 2 aromatic rings. The highest BCUT2D eigenvalue weighted by molar-refractivity contribution is 5.82. The third-order valence-electron chi connectivity index (χ3n) is 3.83. The molecule has 0 unspecified atom stereocenters. The Morgan fingerprint density at radius 2 is 1.88 bits per heavy atom. The van der Waals surface area contributed by atoms with Crippen molar-refractivity contribution in [3.05, 3.63) is 59.7 Å². The molecule has 0 aliphatic carbocycles. The SMILES string of the molecule is O=C(CN1CCCOc2cc(F)ccc21)NCc1ccc(F)cc1. The van der Waals surface area contributed by atoms with E-state index in [0.717, 1.165) is 12.0 Å². The van der Waals surface area contributed by atoms with E-state index in [2.05, 4.69) is 5.32 Å². The first kappa shape index (κ1) is 16.2. The van der Waals surface area contributed by atoms with Crippen LogP contribution >= 0.6 is 0 Å². The molecular formula is C18H18F2N2O2. The average Bonchev–Trinajstić information content (AvgIpc) is 2.76. The van der Waals surface area contributed by atoms with E-state index in [1.807, 2.05) is 4.90 Å². The lowest BCUT2D eigenvalue weighted by Gasteiger charge is -2.23. The molecule has 1 amide bonds. The predicted octanol–water partition coefficient (Wildman–Crippen LogP) is 2.87. The van der Waals surface area contributed by atoms with Crippen LogP contribution in [0.2, 0.25) is 0 Å². The molecule has 0 radical (unpaired) electrons. The molecule has 1 N–H and O–H groups in total. The number of carbonyl (C=O) groups is 1. The van der Waals surface area contributed by atoms with Gasteiger partial charge in [-0.2, -0.15) is 0 Å². The van der Waals surface area contributed by atoms with Gasteiger partial charge in [0.25, 0.3) is 0 Å². The van der Waals surface area contributed by atoms with Gasteiger partial charge in [-0.25, -0.2) is 8.78 Å². The third-order valence-corrected chi connectivity index (χ3v) is 3.83. The van der Waals surface area contributed by atoms with Gasteiger partial charge in [-0.1, -0.05) is 12.1 Å². The van der Waals surface area contributed by atoms with Crippen LogP contribution in [0.4, 0.5) is 14.5 Å². The number of benzene rings is 2. The van der Waals surface area contributed by atoms with E-state index in [-0.39, 0.29) is 24.1 Å². The maximum absolute atomic E-state index is 13.3. The van der Waals surface area contributed by atoms with E-state index < -0.39 is 0 Å². The monoisotopic (exact) mass is 332 g/mol. The van der Waals surface area contributed by atoms with Crippen LogP contribution in [0, 0.1) is 11.6 Å². The summed E-state index contributed by atoms with van der Waals surface area (Å²) < 4.78 is 31.8. The number of halogens is 2. The molecule has 4 nitrogen and oxygen atoms in total. The first-order valence-electron chi connectivity index (χ1n) is 7.80. The minimum atomic E-state index is -0.364. The molecule has 1 heterocycles. The van der Waals surface area contributed by atoms with Crippen LogP contribution in [0.15, 0.2) is 42.5 Å². The Labute approximate surface area is 139 Å². The molecule has 6 heteroatoms. The summed E-state index contributed by atoms with van der Waals surface area (Å²) in [6, 6.07) is 10.3. The van der Waals surface area contributed by atoms with Crippen LogP contribution in [-0.4, -0.2) is 25.6 Å². The molecule has 1 aliphatic rings. The average molecular weight is 332 g/mol. The predicted molar refractivity (Wildman–Crippen MR) is 87.0 cm³/mol. The fourth-order valence-electron chi connectivity index (χ4n) is 2.62. The number of nitrogens with zero attached hydrogens (tertiary/aromatic N) is 1. The van der Waals surface area contributed by atoms with Crippen LogP contribution in [0.1, 0.15) is 12.0 Å². The molecular weight excluding hydrogens is 314 g/mol. The van der Waals surface area contributed by atoms with Crippen molar-refractivity contribution in [3.8, 4) is 5.75 Å². The van der Waals surface area contributed by atoms with Crippen LogP contribution in [0.3, 0.4) is 0 Å². The Kier molecular flexibility index (Phi) is 4.93. The molecule has 0 saturated heterocycles. The highest BCUT2D eigenvalue weighted by Crippen LogP contribution is 2.31. The van der Waals surface area contributed by atoms with Crippen LogP contribution in [-0.2, 0) is 11.3 Å². The van der Waals surface area contributed by atoms with Gasteiger partial charge in [-0.05, 0) is 36.2 Å². The van der Waals surface area contributed by atoms with E-state index >= 15 is 0 Å². The van der Waals surface area contributed by atoms with Gasteiger partial charge in [0, 0.05) is 19.2 Å². The number of nitrogens with one attached hydrogen (secondary N) is 1. The fraction of sp³-hybridized carbons (Fsp3) is 0.278. The standard InChI is InChI=1S/C18H18F2N2O2/c19-14-4-2-13(3-5-14)11-21-18(23)12-22-8-1-9-24-17-10-15(20)6-7-16(17)22/h2-7,10H,1,8-9,11-12H2,(H,21,23). The van der Waals surface area contributed by atoms with Crippen molar-refractivity contribution in [1.82, 2.24) is 5.32 Å². The second-order valence-corrected chi connectivity index (χ2v) is 5.64. The maximum Gasteiger partial charge on any atom is 0.239 e. The summed E-state index contributed by atoms with van der Waals surface area (Å²) in [6.45, 7) is 1.63. The molecule has 126 valence electrons. The van der Waals surface area contributed by atoms with Gasteiger partial charge in [-0.3, -0.25) is 4.79 Å². The topological polar surface area (TPSA) is 41.6 Å². The van der Waals surface area contributed by atoms with Crippen molar-refractivity contribution in [2.75, 3.05) is 24.6 Å². The van der Waals surface area contributed by atoms with Gasteiger partial charge in [0.15, 0.2) is 0 Å². The minimum absolute atomic E-state index is 0.156. The number of amides is 1. The number of hydrogen-bond acceptors (Lipinski definition) is 3. The Hall–Kier alpha value is -2.63. The first-order chi connectivity index (χ1) is 11.6. The van der Waals surface area contributed by atoms with Crippen molar-refractivity contribution >= 4 is 11.6 Å². The molecule has 0 saturated carbocycles. The van der Waals surface area contributed by atoms with Gasteiger partial charge in [0.2, 0.25) is 5.91 Å². The summed E-state index contributed by atoms with van der Waals surface area (Å²) in [6.07, 6.45) is 0.752. The fourth-order valence-corrected chi connectivity index (χ4v) is 2.62. The van der Waals surface area contributed by atoms with Crippen LogP contribution < -0.4 is 15.0 Å². The summed E-state index contributed by atoms with van der Waals surface area (Å²) in [5.41, 5.74) is 1.54. The van der Waals surface area contributed by atoms with Crippen molar-refractivity contribution < 1.29 is 18.3 Å². The Morgan fingerprint density at radius 3 is 2.67 bits per heavy atom. The Bertz CT molecular complexity index is 719. The van der Waals surface area contributed by atoms with Gasteiger partial charge in [-0.15, -0.1) is 0 Å². The molecule has 1 aliphatic heterocycles. The highest BCUT2D eigenvalue weighted by atomic mass is 19.1. The lowest BCUT2D eigenvalue weighted by atomic mass is 10.2. The lowest BCUT2D eigenvalue weighted by Crippen LogP contribution is -2.37. The second-order valence-electron chi connectivity index (χ2n) is 5.64.